The van der Waals surface area contributed by atoms with Crippen molar-refractivity contribution in [2.24, 2.45) is 5.73 Å². The Morgan fingerprint density at radius 3 is 2.79 bits per heavy atom. The van der Waals surface area contributed by atoms with Gasteiger partial charge in [0.25, 0.3) is 0 Å². The number of aromatic nitrogens is 1. The number of hydrogen-bond donors (Lipinski definition) is 1. The monoisotopic (exact) mass is 260 g/mol. The first kappa shape index (κ1) is 13.5. The Hall–Kier alpha value is -1.94. The maximum absolute atomic E-state index is 13.3. The lowest BCUT2D eigenvalue weighted by Crippen LogP contribution is -2.09. The van der Waals surface area contributed by atoms with Crippen LogP contribution >= 0.6 is 0 Å². The first-order chi connectivity index (χ1) is 9.06. The molecule has 1 atom stereocenters. The van der Waals surface area contributed by atoms with Crippen LogP contribution in [0.3, 0.4) is 0 Å². The highest BCUT2D eigenvalue weighted by molar-refractivity contribution is 5.36. The molecule has 0 aliphatic carbocycles. The summed E-state index contributed by atoms with van der Waals surface area (Å²) in [6, 6.07) is 9.89. The fourth-order valence-corrected chi connectivity index (χ4v) is 1.84. The molecule has 100 valence electrons. The summed E-state index contributed by atoms with van der Waals surface area (Å²) in [5.74, 6) is 0.134. The number of benzene rings is 1. The smallest absolute Gasteiger partial charge is 0.130 e. The van der Waals surface area contributed by atoms with Crippen LogP contribution in [0.5, 0.6) is 5.75 Å². The van der Waals surface area contributed by atoms with E-state index in [0.717, 1.165) is 17.0 Å². The minimum Gasteiger partial charge on any atom is -0.487 e. The molecular weight excluding hydrogens is 243 g/mol. The molecule has 1 unspecified atom stereocenters. The van der Waals surface area contributed by atoms with E-state index >= 15 is 0 Å². The molecule has 0 radical (unpaired) electrons. The average molecular weight is 260 g/mol. The molecule has 1 aromatic heterocycles. The van der Waals surface area contributed by atoms with E-state index in [2.05, 4.69) is 4.98 Å². The molecule has 0 bridgehead atoms. The third-order valence-electron chi connectivity index (χ3n) is 2.79. The Morgan fingerprint density at radius 1 is 1.32 bits per heavy atom. The molecule has 0 saturated heterocycles. The zero-order chi connectivity index (χ0) is 13.8. The highest BCUT2D eigenvalue weighted by atomic mass is 19.1. The molecular formula is C15H17FN2O. The van der Waals surface area contributed by atoms with E-state index in [-0.39, 0.29) is 11.9 Å². The Bertz CT molecular complexity index is 570. The third kappa shape index (κ3) is 3.51. The van der Waals surface area contributed by atoms with E-state index in [1.165, 1.54) is 12.1 Å². The first-order valence-corrected chi connectivity index (χ1v) is 6.16. The maximum Gasteiger partial charge on any atom is 0.130 e. The molecule has 0 saturated carbocycles. The standard InChI is InChI=1S/C15H17FN2O/c1-10-4-3-5-13(18-10)9-19-15-8-12(16)6-7-14(15)11(2)17/h3-8,11H,9,17H2,1-2H3. The summed E-state index contributed by atoms with van der Waals surface area (Å²) in [6.45, 7) is 4.05. The number of ether oxygens (including phenoxy) is 1. The van der Waals surface area contributed by atoms with Gasteiger partial charge in [0.2, 0.25) is 0 Å². The van der Waals surface area contributed by atoms with Crippen LogP contribution in [0.1, 0.15) is 29.9 Å². The number of hydrogen-bond acceptors (Lipinski definition) is 3. The van der Waals surface area contributed by atoms with Crippen molar-refractivity contribution in [3.05, 3.63) is 59.2 Å². The summed E-state index contributed by atoms with van der Waals surface area (Å²) < 4.78 is 18.9. The second kappa shape index (κ2) is 5.80. The topological polar surface area (TPSA) is 48.1 Å². The minimum atomic E-state index is -0.336. The van der Waals surface area contributed by atoms with Crippen LogP contribution in [0.2, 0.25) is 0 Å². The lowest BCUT2D eigenvalue weighted by Gasteiger charge is -2.14. The van der Waals surface area contributed by atoms with Gasteiger partial charge in [0.1, 0.15) is 18.2 Å². The van der Waals surface area contributed by atoms with Gasteiger partial charge >= 0.3 is 0 Å². The zero-order valence-corrected chi connectivity index (χ0v) is 11.1. The molecule has 1 heterocycles. The average Bonchev–Trinajstić information content (AvgIpc) is 2.36. The molecule has 0 amide bonds. The van der Waals surface area contributed by atoms with Crippen LogP contribution in [0, 0.1) is 12.7 Å². The SMILES string of the molecule is Cc1cccc(COc2cc(F)ccc2C(C)N)n1. The van der Waals surface area contributed by atoms with Gasteiger partial charge in [-0.25, -0.2) is 4.39 Å². The number of pyridine rings is 1. The summed E-state index contributed by atoms with van der Waals surface area (Å²) in [5, 5.41) is 0. The third-order valence-corrected chi connectivity index (χ3v) is 2.79. The Morgan fingerprint density at radius 2 is 2.11 bits per heavy atom. The predicted octanol–water partition coefficient (Wildman–Crippen LogP) is 3.13. The van der Waals surface area contributed by atoms with Crippen LogP contribution in [0.15, 0.2) is 36.4 Å². The number of nitrogens with two attached hydrogens (primary N) is 1. The minimum absolute atomic E-state index is 0.207. The Balaban J connectivity index is 2.17. The van der Waals surface area contributed by atoms with E-state index in [0.29, 0.717) is 12.4 Å². The highest BCUT2D eigenvalue weighted by Gasteiger charge is 2.10. The quantitative estimate of drug-likeness (QED) is 0.918. The number of halogens is 1. The number of aryl methyl sites for hydroxylation is 1. The van der Waals surface area contributed by atoms with E-state index in [1.807, 2.05) is 32.0 Å². The molecule has 4 heteroatoms. The van der Waals surface area contributed by atoms with Crippen molar-refractivity contribution in [3.63, 3.8) is 0 Å². The molecule has 1 aromatic carbocycles. The van der Waals surface area contributed by atoms with Crippen LogP contribution in [0.4, 0.5) is 4.39 Å². The molecule has 2 rings (SSSR count). The lowest BCUT2D eigenvalue weighted by atomic mass is 10.1. The van der Waals surface area contributed by atoms with Crippen LogP contribution < -0.4 is 10.5 Å². The molecule has 2 aromatic rings. The van der Waals surface area contributed by atoms with Gasteiger partial charge in [-0.1, -0.05) is 12.1 Å². The fourth-order valence-electron chi connectivity index (χ4n) is 1.84. The van der Waals surface area contributed by atoms with Crippen molar-refractivity contribution in [3.8, 4) is 5.75 Å². The molecule has 3 nitrogen and oxygen atoms in total. The molecule has 2 N–H and O–H groups in total. The van der Waals surface area contributed by atoms with Crippen LogP contribution in [-0.2, 0) is 6.61 Å². The van der Waals surface area contributed by atoms with E-state index in [4.69, 9.17) is 10.5 Å². The summed E-state index contributed by atoms with van der Waals surface area (Å²) in [6.07, 6.45) is 0. The Kier molecular flexibility index (Phi) is 4.12. The molecule has 0 aliphatic heterocycles. The summed E-state index contributed by atoms with van der Waals surface area (Å²) >= 11 is 0. The van der Waals surface area contributed by atoms with Crippen LogP contribution in [-0.4, -0.2) is 4.98 Å². The van der Waals surface area contributed by atoms with Crippen molar-refractivity contribution in [2.45, 2.75) is 26.5 Å². The fraction of sp³-hybridized carbons (Fsp3) is 0.267. The normalized spacial score (nSPS) is 12.2. The molecule has 0 aliphatic rings. The van der Waals surface area contributed by atoms with Gasteiger partial charge < -0.3 is 10.5 Å². The van der Waals surface area contributed by atoms with Gasteiger partial charge in [-0.15, -0.1) is 0 Å². The van der Waals surface area contributed by atoms with Gasteiger partial charge in [-0.05, 0) is 32.0 Å². The summed E-state index contributed by atoms with van der Waals surface area (Å²) in [4.78, 5) is 4.34. The van der Waals surface area contributed by atoms with Crippen molar-refractivity contribution >= 4 is 0 Å². The molecule has 0 fully saturated rings. The second-order valence-electron chi connectivity index (χ2n) is 4.53. The molecule has 0 spiro atoms. The first-order valence-electron chi connectivity index (χ1n) is 6.16. The predicted molar refractivity (Wildman–Crippen MR) is 72.3 cm³/mol. The maximum atomic E-state index is 13.3. The zero-order valence-electron chi connectivity index (χ0n) is 11.1. The van der Waals surface area contributed by atoms with Crippen molar-refractivity contribution in [1.29, 1.82) is 0 Å². The van der Waals surface area contributed by atoms with Crippen molar-refractivity contribution in [2.75, 3.05) is 0 Å². The highest BCUT2D eigenvalue weighted by Crippen LogP contribution is 2.25. The second-order valence-corrected chi connectivity index (χ2v) is 4.53. The van der Waals surface area contributed by atoms with Gasteiger partial charge in [-0.3, -0.25) is 4.98 Å². The van der Waals surface area contributed by atoms with E-state index in [1.54, 1.807) is 6.07 Å². The van der Waals surface area contributed by atoms with Gasteiger partial charge in [0.15, 0.2) is 0 Å². The van der Waals surface area contributed by atoms with Gasteiger partial charge in [0, 0.05) is 23.4 Å². The summed E-state index contributed by atoms with van der Waals surface area (Å²) in [7, 11) is 0. The number of nitrogens with zero attached hydrogens (tertiary/aromatic N) is 1. The van der Waals surface area contributed by atoms with Gasteiger partial charge in [0.05, 0.1) is 5.69 Å². The van der Waals surface area contributed by atoms with Crippen molar-refractivity contribution < 1.29 is 9.13 Å². The van der Waals surface area contributed by atoms with E-state index in [9.17, 15) is 4.39 Å². The van der Waals surface area contributed by atoms with E-state index < -0.39 is 0 Å². The largest absolute Gasteiger partial charge is 0.487 e. The Labute approximate surface area is 112 Å². The number of rotatable bonds is 4. The lowest BCUT2D eigenvalue weighted by molar-refractivity contribution is 0.295. The van der Waals surface area contributed by atoms with Crippen LogP contribution in [0.25, 0.3) is 0 Å². The van der Waals surface area contributed by atoms with Gasteiger partial charge in [-0.2, -0.15) is 0 Å². The molecule has 19 heavy (non-hydrogen) atoms. The van der Waals surface area contributed by atoms with Crippen molar-refractivity contribution in [1.82, 2.24) is 4.98 Å². The summed E-state index contributed by atoms with van der Waals surface area (Å²) in [5.41, 5.74) is 8.36.